The molecule has 2 rings (SSSR count). The van der Waals surface area contributed by atoms with Gasteiger partial charge in [-0.25, -0.2) is 0 Å². The van der Waals surface area contributed by atoms with Gasteiger partial charge in [-0.3, -0.25) is 0 Å². The van der Waals surface area contributed by atoms with Gasteiger partial charge in [0.1, 0.15) is 5.75 Å². The predicted octanol–water partition coefficient (Wildman–Crippen LogP) is 3.96. The zero-order chi connectivity index (χ0) is 13.7. The third kappa shape index (κ3) is 4.46. The van der Waals surface area contributed by atoms with Gasteiger partial charge in [-0.05, 0) is 36.5 Å². The molecular weight excluding hydrogens is 248 g/mol. The first kappa shape index (κ1) is 14.3. The van der Waals surface area contributed by atoms with Crippen LogP contribution in [-0.4, -0.2) is 12.7 Å². The largest absolute Gasteiger partial charge is 0.435 e. The Kier molecular flexibility index (Phi) is 5.14. The van der Waals surface area contributed by atoms with Crippen LogP contribution in [0.2, 0.25) is 0 Å². The van der Waals surface area contributed by atoms with E-state index in [2.05, 4.69) is 17.0 Å². The van der Waals surface area contributed by atoms with E-state index in [9.17, 15) is 8.78 Å². The molecule has 1 N–H and O–H groups in total. The standard InChI is InChI=1S/C15H21F2NO/c1-11-4-2-3-5-14(11)18-10-12-6-8-13(9-7-12)19-15(16)17/h6-9,11,14-15,18H,2-5,10H2,1H3. The number of halogens is 2. The zero-order valence-corrected chi connectivity index (χ0v) is 11.2. The van der Waals surface area contributed by atoms with Crippen LogP contribution in [-0.2, 0) is 6.54 Å². The first-order chi connectivity index (χ1) is 9.15. The van der Waals surface area contributed by atoms with Crippen molar-refractivity contribution in [1.82, 2.24) is 5.32 Å². The molecule has 0 saturated heterocycles. The molecule has 0 heterocycles. The van der Waals surface area contributed by atoms with E-state index < -0.39 is 6.61 Å². The van der Waals surface area contributed by atoms with Gasteiger partial charge in [0.05, 0.1) is 0 Å². The minimum Gasteiger partial charge on any atom is -0.435 e. The Morgan fingerprint density at radius 2 is 1.89 bits per heavy atom. The lowest BCUT2D eigenvalue weighted by molar-refractivity contribution is -0.0498. The molecule has 0 amide bonds. The summed E-state index contributed by atoms with van der Waals surface area (Å²) in [5.74, 6) is 0.931. The summed E-state index contributed by atoms with van der Waals surface area (Å²) in [6.45, 7) is 0.312. The van der Waals surface area contributed by atoms with Gasteiger partial charge in [-0.1, -0.05) is 31.9 Å². The molecule has 0 aromatic heterocycles. The van der Waals surface area contributed by atoms with E-state index in [0.29, 0.717) is 6.04 Å². The molecule has 0 radical (unpaired) electrons. The van der Waals surface area contributed by atoms with Crippen molar-refractivity contribution >= 4 is 0 Å². The number of hydrogen-bond donors (Lipinski definition) is 1. The van der Waals surface area contributed by atoms with Crippen molar-refractivity contribution < 1.29 is 13.5 Å². The fraction of sp³-hybridized carbons (Fsp3) is 0.600. The van der Waals surface area contributed by atoms with Gasteiger partial charge in [0.25, 0.3) is 0 Å². The second-order valence-electron chi connectivity index (χ2n) is 5.27. The molecule has 1 aliphatic rings. The SMILES string of the molecule is CC1CCCCC1NCc1ccc(OC(F)F)cc1. The van der Waals surface area contributed by atoms with Crippen molar-refractivity contribution in [1.29, 1.82) is 0 Å². The van der Waals surface area contributed by atoms with E-state index in [1.54, 1.807) is 12.1 Å². The summed E-state index contributed by atoms with van der Waals surface area (Å²) >= 11 is 0. The van der Waals surface area contributed by atoms with E-state index in [1.165, 1.54) is 25.7 Å². The molecule has 0 spiro atoms. The molecule has 1 fully saturated rings. The monoisotopic (exact) mass is 269 g/mol. The molecule has 0 bridgehead atoms. The molecule has 1 aromatic rings. The van der Waals surface area contributed by atoms with Crippen molar-refractivity contribution in [2.45, 2.75) is 51.8 Å². The highest BCUT2D eigenvalue weighted by Crippen LogP contribution is 2.24. The Labute approximate surface area is 113 Å². The Bertz CT molecular complexity index is 380. The van der Waals surface area contributed by atoms with Gasteiger partial charge >= 0.3 is 6.61 Å². The quantitative estimate of drug-likeness (QED) is 0.873. The van der Waals surface area contributed by atoms with Crippen LogP contribution in [0.15, 0.2) is 24.3 Å². The second-order valence-corrected chi connectivity index (χ2v) is 5.27. The first-order valence-electron chi connectivity index (χ1n) is 6.92. The second kappa shape index (κ2) is 6.85. The lowest BCUT2D eigenvalue weighted by atomic mass is 9.86. The van der Waals surface area contributed by atoms with Crippen LogP contribution in [0.3, 0.4) is 0 Å². The Balaban J connectivity index is 1.82. The number of nitrogens with one attached hydrogen (secondary N) is 1. The molecule has 19 heavy (non-hydrogen) atoms. The van der Waals surface area contributed by atoms with Crippen LogP contribution in [0.1, 0.15) is 38.2 Å². The molecule has 1 aromatic carbocycles. The van der Waals surface area contributed by atoms with Gasteiger partial charge in [0.15, 0.2) is 0 Å². The number of alkyl halides is 2. The minimum absolute atomic E-state index is 0.213. The van der Waals surface area contributed by atoms with Crippen LogP contribution in [0, 0.1) is 5.92 Å². The Morgan fingerprint density at radius 3 is 2.53 bits per heavy atom. The van der Waals surface area contributed by atoms with E-state index in [1.807, 2.05) is 12.1 Å². The van der Waals surface area contributed by atoms with Crippen LogP contribution in [0.5, 0.6) is 5.75 Å². The number of benzene rings is 1. The normalized spacial score (nSPS) is 23.6. The van der Waals surface area contributed by atoms with E-state index >= 15 is 0 Å². The van der Waals surface area contributed by atoms with Crippen LogP contribution >= 0.6 is 0 Å². The van der Waals surface area contributed by atoms with Crippen molar-refractivity contribution in [3.05, 3.63) is 29.8 Å². The van der Waals surface area contributed by atoms with Crippen LogP contribution < -0.4 is 10.1 Å². The highest BCUT2D eigenvalue weighted by atomic mass is 19.3. The molecule has 1 aliphatic carbocycles. The lowest BCUT2D eigenvalue weighted by Crippen LogP contribution is -2.36. The third-order valence-electron chi connectivity index (χ3n) is 3.83. The average molecular weight is 269 g/mol. The molecule has 0 aliphatic heterocycles. The fourth-order valence-corrected chi connectivity index (χ4v) is 2.66. The van der Waals surface area contributed by atoms with Gasteiger partial charge in [0, 0.05) is 12.6 Å². The van der Waals surface area contributed by atoms with Crippen LogP contribution in [0.25, 0.3) is 0 Å². The summed E-state index contributed by atoms with van der Waals surface area (Å²) in [6, 6.07) is 7.42. The molecule has 1 saturated carbocycles. The maximum atomic E-state index is 12.0. The molecule has 2 unspecified atom stereocenters. The maximum Gasteiger partial charge on any atom is 0.387 e. The molecule has 4 heteroatoms. The summed E-state index contributed by atoms with van der Waals surface area (Å²) in [6.07, 6.45) is 5.15. The molecular formula is C15H21F2NO. The Morgan fingerprint density at radius 1 is 1.21 bits per heavy atom. The van der Waals surface area contributed by atoms with E-state index in [0.717, 1.165) is 18.0 Å². The van der Waals surface area contributed by atoms with Crippen molar-refractivity contribution in [2.75, 3.05) is 0 Å². The number of hydrogen-bond acceptors (Lipinski definition) is 2. The first-order valence-corrected chi connectivity index (χ1v) is 6.92. The van der Waals surface area contributed by atoms with Crippen molar-refractivity contribution in [2.24, 2.45) is 5.92 Å². The topological polar surface area (TPSA) is 21.3 Å². The third-order valence-corrected chi connectivity index (χ3v) is 3.83. The minimum atomic E-state index is -2.76. The van der Waals surface area contributed by atoms with Crippen molar-refractivity contribution in [3.63, 3.8) is 0 Å². The van der Waals surface area contributed by atoms with E-state index in [4.69, 9.17) is 0 Å². The lowest BCUT2D eigenvalue weighted by Gasteiger charge is -2.29. The summed E-state index contributed by atoms with van der Waals surface area (Å²) in [7, 11) is 0. The zero-order valence-electron chi connectivity index (χ0n) is 11.2. The predicted molar refractivity (Wildman–Crippen MR) is 71.3 cm³/mol. The summed E-state index contributed by atoms with van der Waals surface area (Å²) in [5.41, 5.74) is 1.10. The van der Waals surface area contributed by atoms with E-state index in [-0.39, 0.29) is 5.75 Å². The summed E-state index contributed by atoms with van der Waals surface area (Å²) < 4.78 is 28.4. The molecule has 2 atom stereocenters. The van der Waals surface area contributed by atoms with Gasteiger partial charge < -0.3 is 10.1 Å². The van der Waals surface area contributed by atoms with Crippen LogP contribution in [0.4, 0.5) is 8.78 Å². The van der Waals surface area contributed by atoms with Crippen molar-refractivity contribution in [3.8, 4) is 5.75 Å². The summed E-state index contributed by atoms with van der Waals surface area (Å²) in [5, 5.41) is 3.56. The average Bonchev–Trinajstić information content (AvgIpc) is 2.39. The van der Waals surface area contributed by atoms with Gasteiger partial charge in [-0.15, -0.1) is 0 Å². The fourth-order valence-electron chi connectivity index (χ4n) is 2.66. The number of ether oxygens (including phenoxy) is 1. The molecule has 2 nitrogen and oxygen atoms in total. The maximum absolute atomic E-state index is 12.0. The van der Waals surface area contributed by atoms with Gasteiger partial charge in [0.2, 0.25) is 0 Å². The van der Waals surface area contributed by atoms with Gasteiger partial charge in [-0.2, -0.15) is 8.78 Å². The highest BCUT2D eigenvalue weighted by Gasteiger charge is 2.20. The summed E-state index contributed by atoms with van der Waals surface area (Å²) in [4.78, 5) is 0. The smallest absolute Gasteiger partial charge is 0.387 e. The number of rotatable bonds is 5. The molecule has 106 valence electrons. The Hall–Kier alpha value is -1.16. The highest BCUT2D eigenvalue weighted by molar-refractivity contribution is 5.27.